The van der Waals surface area contributed by atoms with Gasteiger partial charge in [0.25, 0.3) is 5.56 Å². The van der Waals surface area contributed by atoms with Gasteiger partial charge in [0.2, 0.25) is 0 Å². The van der Waals surface area contributed by atoms with Crippen LogP contribution in [-0.2, 0) is 24.2 Å². The molecule has 0 amide bonds. The zero-order chi connectivity index (χ0) is 25.6. The van der Waals surface area contributed by atoms with E-state index in [9.17, 15) is 4.79 Å². The molecule has 2 aromatic carbocycles. The van der Waals surface area contributed by atoms with E-state index < -0.39 is 0 Å². The van der Waals surface area contributed by atoms with Gasteiger partial charge in [-0.1, -0.05) is 37.3 Å². The summed E-state index contributed by atoms with van der Waals surface area (Å²) >= 11 is 0. The molecule has 0 aliphatic carbocycles. The summed E-state index contributed by atoms with van der Waals surface area (Å²) in [6.45, 7) is 4.78. The molecule has 0 bridgehead atoms. The number of aromatic amines is 1. The lowest BCUT2D eigenvalue weighted by atomic mass is 10.1. The molecule has 1 saturated heterocycles. The molecular weight excluding hydrogens is 468 g/mol. The van der Waals surface area contributed by atoms with Crippen molar-refractivity contribution in [3.8, 4) is 5.75 Å². The molecule has 1 aliphatic rings. The predicted octanol–water partition coefficient (Wildman–Crippen LogP) is 3.90. The Morgan fingerprint density at radius 1 is 1.22 bits per heavy atom. The summed E-state index contributed by atoms with van der Waals surface area (Å²) in [7, 11) is 1.64. The molecule has 0 spiro atoms. The van der Waals surface area contributed by atoms with Crippen LogP contribution in [0, 0.1) is 0 Å². The minimum Gasteiger partial charge on any atom is -0.497 e. The van der Waals surface area contributed by atoms with E-state index in [1.165, 1.54) is 5.56 Å². The largest absolute Gasteiger partial charge is 0.497 e. The van der Waals surface area contributed by atoms with Crippen LogP contribution in [0.15, 0.2) is 59.4 Å². The highest BCUT2D eigenvalue weighted by Gasteiger charge is 2.29. The molecule has 0 unspecified atom stereocenters. The standard InChI is InChI=1S/C28H34N6O3/c1-3-26(27-30-31-32-34(27)14-13-20-8-5-4-6-9-20)33(19-24-10-7-15-37-24)18-22-16-21-17-23(36-2)11-12-25(21)29-28(22)35/h4-6,8-9,11-12,16-17,24,26H,3,7,10,13-15,18-19H2,1-2H3,(H,29,35)/t24-,26-/m1/s1. The maximum Gasteiger partial charge on any atom is 0.252 e. The number of rotatable bonds is 11. The highest BCUT2D eigenvalue weighted by Crippen LogP contribution is 2.27. The van der Waals surface area contributed by atoms with Crippen LogP contribution in [0.5, 0.6) is 5.75 Å². The summed E-state index contributed by atoms with van der Waals surface area (Å²) in [5.41, 5.74) is 2.64. The number of nitrogens with one attached hydrogen (secondary N) is 1. The highest BCUT2D eigenvalue weighted by molar-refractivity contribution is 5.80. The molecule has 194 valence electrons. The smallest absolute Gasteiger partial charge is 0.252 e. The highest BCUT2D eigenvalue weighted by atomic mass is 16.5. The average molecular weight is 503 g/mol. The van der Waals surface area contributed by atoms with E-state index in [0.717, 1.165) is 54.8 Å². The summed E-state index contributed by atoms with van der Waals surface area (Å²) in [4.78, 5) is 18.4. The summed E-state index contributed by atoms with van der Waals surface area (Å²) in [5.74, 6) is 1.57. The van der Waals surface area contributed by atoms with Crippen LogP contribution in [0.4, 0.5) is 0 Å². The fraction of sp³-hybridized carbons (Fsp3) is 0.429. The van der Waals surface area contributed by atoms with E-state index in [1.807, 2.05) is 47.1 Å². The monoisotopic (exact) mass is 502 g/mol. The molecular formula is C28H34N6O3. The normalized spacial score (nSPS) is 16.5. The SMILES string of the molecule is CC[C@H](c1nnnn1CCc1ccccc1)N(Cc1cc2cc(OC)ccc2[nH]c1=O)C[C@H]1CCCO1. The number of H-pyrrole nitrogens is 1. The first-order valence-corrected chi connectivity index (χ1v) is 13.0. The lowest BCUT2D eigenvalue weighted by Gasteiger charge is -2.32. The minimum atomic E-state index is -0.0893. The van der Waals surface area contributed by atoms with Gasteiger partial charge in [0.05, 0.1) is 19.3 Å². The van der Waals surface area contributed by atoms with Crippen molar-refractivity contribution in [3.05, 3.63) is 81.9 Å². The van der Waals surface area contributed by atoms with E-state index in [4.69, 9.17) is 9.47 Å². The van der Waals surface area contributed by atoms with Crippen LogP contribution in [0.3, 0.4) is 0 Å². The average Bonchev–Trinajstić information content (AvgIpc) is 3.61. The predicted molar refractivity (Wildman–Crippen MR) is 141 cm³/mol. The Balaban J connectivity index is 1.44. The first-order valence-electron chi connectivity index (χ1n) is 13.0. The van der Waals surface area contributed by atoms with Gasteiger partial charge in [0.1, 0.15) is 5.75 Å². The zero-order valence-corrected chi connectivity index (χ0v) is 21.5. The number of tetrazole rings is 1. The maximum atomic E-state index is 13.1. The van der Waals surface area contributed by atoms with Crippen LogP contribution in [0.1, 0.15) is 49.2 Å². The molecule has 1 N–H and O–H groups in total. The van der Waals surface area contributed by atoms with Gasteiger partial charge in [-0.25, -0.2) is 4.68 Å². The van der Waals surface area contributed by atoms with Gasteiger partial charge in [-0.05, 0) is 65.9 Å². The van der Waals surface area contributed by atoms with Crippen molar-refractivity contribution in [2.75, 3.05) is 20.3 Å². The molecule has 1 aliphatic heterocycles. The second kappa shape index (κ2) is 11.7. The van der Waals surface area contributed by atoms with Gasteiger partial charge < -0.3 is 14.5 Å². The fourth-order valence-corrected chi connectivity index (χ4v) is 5.14. The number of fused-ring (bicyclic) bond motifs is 1. The molecule has 9 nitrogen and oxygen atoms in total. The van der Waals surface area contributed by atoms with Crippen LogP contribution >= 0.6 is 0 Å². The van der Waals surface area contributed by atoms with Crippen molar-refractivity contribution in [3.63, 3.8) is 0 Å². The number of aryl methyl sites for hydroxylation is 2. The second-order valence-corrected chi connectivity index (χ2v) is 9.56. The third-order valence-electron chi connectivity index (χ3n) is 7.10. The molecule has 0 saturated carbocycles. The van der Waals surface area contributed by atoms with Crippen LogP contribution < -0.4 is 10.3 Å². The molecule has 1 fully saturated rings. The van der Waals surface area contributed by atoms with Gasteiger partial charge in [-0.3, -0.25) is 9.69 Å². The minimum absolute atomic E-state index is 0.0598. The molecule has 37 heavy (non-hydrogen) atoms. The van der Waals surface area contributed by atoms with Gasteiger partial charge >= 0.3 is 0 Å². The van der Waals surface area contributed by atoms with E-state index in [2.05, 4.69) is 44.5 Å². The quantitative estimate of drug-likeness (QED) is 0.332. The topological polar surface area (TPSA) is 98.2 Å². The van der Waals surface area contributed by atoms with E-state index in [1.54, 1.807) is 7.11 Å². The van der Waals surface area contributed by atoms with Gasteiger partial charge in [0.15, 0.2) is 5.82 Å². The molecule has 0 radical (unpaired) electrons. The number of hydrogen-bond donors (Lipinski definition) is 1. The first kappa shape index (κ1) is 25.1. The third kappa shape index (κ3) is 5.89. The van der Waals surface area contributed by atoms with E-state index >= 15 is 0 Å². The van der Waals surface area contributed by atoms with Gasteiger partial charge in [-0.2, -0.15) is 0 Å². The van der Waals surface area contributed by atoms with Crippen LogP contribution in [0.25, 0.3) is 10.9 Å². The summed E-state index contributed by atoms with van der Waals surface area (Å²) < 4.78 is 13.3. The third-order valence-corrected chi connectivity index (χ3v) is 7.10. The van der Waals surface area contributed by atoms with Crippen LogP contribution in [0.2, 0.25) is 0 Å². The molecule has 9 heteroatoms. The first-order chi connectivity index (χ1) is 18.1. The molecule has 2 atom stereocenters. The van der Waals surface area contributed by atoms with Crippen molar-refractivity contribution >= 4 is 10.9 Å². The Kier molecular flexibility index (Phi) is 7.91. The summed E-state index contributed by atoms with van der Waals surface area (Å²) in [6, 6.07) is 17.9. The summed E-state index contributed by atoms with van der Waals surface area (Å²) in [6.07, 6.45) is 3.84. The number of benzene rings is 2. The number of aromatic nitrogens is 5. The van der Waals surface area contributed by atoms with E-state index in [0.29, 0.717) is 25.2 Å². The van der Waals surface area contributed by atoms with Crippen LogP contribution in [-0.4, -0.2) is 56.5 Å². The van der Waals surface area contributed by atoms with Crippen molar-refractivity contribution < 1.29 is 9.47 Å². The molecule has 5 rings (SSSR count). The van der Waals surface area contributed by atoms with Gasteiger partial charge in [-0.15, -0.1) is 5.10 Å². The van der Waals surface area contributed by atoms with Crippen molar-refractivity contribution in [2.45, 2.75) is 57.8 Å². The number of nitrogens with zero attached hydrogens (tertiary/aromatic N) is 5. The Morgan fingerprint density at radius 2 is 2.08 bits per heavy atom. The van der Waals surface area contributed by atoms with Crippen molar-refractivity contribution in [1.82, 2.24) is 30.1 Å². The Labute approximate surface area is 216 Å². The molecule has 2 aromatic heterocycles. The maximum absolute atomic E-state index is 13.1. The van der Waals surface area contributed by atoms with Crippen molar-refractivity contribution in [1.29, 1.82) is 0 Å². The number of methoxy groups -OCH3 is 1. The lowest BCUT2D eigenvalue weighted by molar-refractivity contribution is 0.0488. The zero-order valence-electron chi connectivity index (χ0n) is 21.5. The molecule has 4 aromatic rings. The Bertz CT molecular complexity index is 1360. The Morgan fingerprint density at radius 3 is 2.84 bits per heavy atom. The lowest BCUT2D eigenvalue weighted by Crippen LogP contribution is -2.37. The summed E-state index contributed by atoms with van der Waals surface area (Å²) in [5, 5.41) is 13.7. The Hall–Kier alpha value is -3.56. The number of ether oxygens (including phenoxy) is 2. The number of pyridine rings is 1. The fourth-order valence-electron chi connectivity index (χ4n) is 5.14. The second-order valence-electron chi connectivity index (χ2n) is 9.56. The van der Waals surface area contributed by atoms with Gasteiger partial charge in [0, 0.05) is 42.7 Å². The van der Waals surface area contributed by atoms with E-state index in [-0.39, 0.29) is 17.7 Å². The van der Waals surface area contributed by atoms with Crippen molar-refractivity contribution in [2.24, 2.45) is 0 Å². The molecule has 3 heterocycles. The number of hydrogen-bond acceptors (Lipinski definition) is 7.